The van der Waals surface area contributed by atoms with Crippen molar-refractivity contribution < 1.29 is 14.5 Å². The van der Waals surface area contributed by atoms with Crippen molar-refractivity contribution >= 4 is 28.2 Å². The van der Waals surface area contributed by atoms with Crippen LogP contribution in [0.25, 0.3) is 22.2 Å². The van der Waals surface area contributed by atoms with Crippen LogP contribution in [-0.2, 0) is 6.54 Å². The van der Waals surface area contributed by atoms with Gasteiger partial charge in [-0.05, 0) is 38.1 Å². The summed E-state index contributed by atoms with van der Waals surface area (Å²) in [5.74, 6) is 0.339. The van der Waals surface area contributed by atoms with Crippen LogP contribution in [0.4, 0.5) is 11.4 Å². The summed E-state index contributed by atoms with van der Waals surface area (Å²) >= 11 is 0. The van der Waals surface area contributed by atoms with Crippen LogP contribution in [0.3, 0.4) is 0 Å². The second-order valence-corrected chi connectivity index (χ2v) is 8.50. The van der Waals surface area contributed by atoms with Crippen molar-refractivity contribution in [3.63, 3.8) is 0 Å². The fourth-order valence-electron chi connectivity index (χ4n) is 3.94. The highest BCUT2D eigenvalue weighted by atomic mass is 16.6. The lowest BCUT2D eigenvalue weighted by Crippen LogP contribution is -2.13. The molecule has 9 heteroatoms. The van der Waals surface area contributed by atoms with E-state index >= 15 is 0 Å². The van der Waals surface area contributed by atoms with Crippen LogP contribution in [0.2, 0.25) is 0 Å². The molecule has 0 saturated heterocycles. The molecule has 0 aliphatic carbocycles. The minimum Gasteiger partial charge on any atom is -0.457 e. The summed E-state index contributed by atoms with van der Waals surface area (Å²) in [6, 6.07) is 20.5. The molecule has 5 rings (SSSR count). The van der Waals surface area contributed by atoms with Crippen LogP contribution in [0, 0.1) is 17.0 Å². The molecule has 0 aliphatic rings. The van der Waals surface area contributed by atoms with Gasteiger partial charge in [0, 0.05) is 35.8 Å². The molecule has 3 aromatic carbocycles. The maximum atomic E-state index is 13.5. The first-order valence-electron chi connectivity index (χ1n) is 11.7. The monoisotopic (exact) mass is 493 g/mol. The number of nitrogens with one attached hydrogen (secondary N) is 1. The molecule has 0 fully saturated rings. The van der Waals surface area contributed by atoms with Crippen LogP contribution in [0.1, 0.15) is 22.8 Å². The number of nitro groups is 1. The third kappa shape index (κ3) is 5.15. The van der Waals surface area contributed by atoms with Crippen molar-refractivity contribution in [1.29, 1.82) is 0 Å². The summed E-state index contributed by atoms with van der Waals surface area (Å²) in [6.45, 7) is 4.65. The molecule has 5 aromatic rings. The fraction of sp³-hybridized carbons (Fsp3) is 0.107. The summed E-state index contributed by atoms with van der Waals surface area (Å²) in [7, 11) is 0. The molecule has 2 heterocycles. The van der Waals surface area contributed by atoms with Gasteiger partial charge in [0.15, 0.2) is 0 Å². The van der Waals surface area contributed by atoms with E-state index in [1.807, 2.05) is 56.4 Å². The lowest BCUT2D eigenvalue weighted by atomic mass is 10.0. The zero-order valence-corrected chi connectivity index (χ0v) is 20.2. The number of benzene rings is 3. The Balaban J connectivity index is 1.51. The largest absolute Gasteiger partial charge is 0.457 e. The zero-order chi connectivity index (χ0) is 25.9. The molecule has 0 radical (unpaired) electrons. The second kappa shape index (κ2) is 9.90. The number of para-hydroxylation sites is 1. The average Bonchev–Trinajstić information content (AvgIpc) is 3.39. The van der Waals surface area contributed by atoms with E-state index in [9.17, 15) is 14.9 Å². The number of nitro benzene ring substituents is 1. The Morgan fingerprint density at radius 3 is 2.57 bits per heavy atom. The third-order valence-electron chi connectivity index (χ3n) is 5.83. The van der Waals surface area contributed by atoms with Gasteiger partial charge in [-0.25, -0.2) is 4.98 Å². The number of nitrogens with zero attached hydrogens (tertiary/aromatic N) is 4. The molecule has 1 amide bonds. The van der Waals surface area contributed by atoms with Gasteiger partial charge in [0.05, 0.1) is 39.6 Å². The van der Waals surface area contributed by atoms with Gasteiger partial charge in [0.25, 0.3) is 11.6 Å². The van der Waals surface area contributed by atoms with Crippen molar-refractivity contribution in [3.8, 4) is 22.8 Å². The lowest BCUT2D eigenvalue weighted by molar-refractivity contribution is -0.384. The van der Waals surface area contributed by atoms with Crippen molar-refractivity contribution in [2.45, 2.75) is 20.4 Å². The van der Waals surface area contributed by atoms with Crippen LogP contribution in [0.5, 0.6) is 11.5 Å². The normalized spacial score (nSPS) is 10.9. The molecule has 9 nitrogen and oxygen atoms in total. The molecule has 0 atom stereocenters. The number of hydrogen-bond donors (Lipinski definition) is 1. The molecular weight excluding hydrogens is 470 g/mol. The van der Waals surface area contributed by atoms with Gasteiger partial charge in [0.1, 0.15) is 11.5 Å². The maximum Gasteiger partial charge on any atom is 0.275 e. The first kappa shape index (κ1) is 23.7. The van der Waals surface area contributed by atoms with E-state index in [4.69, 9.17) is 9.72 Å². The summed E-state index contributed by atoms with van der Waals surface area (Å²) in [5.41, 5.74) is 3.52. The van der Waals surface area contributed by atoms with E-state index in [-0.39, 0.29) is 17.1 Å². The van der Waals surface area contributed by atoms with Crippen molar-refractivity contribution in [2.24, 2.45) is 0 Å². The number of hydrogen-bond acceptors (Lipinski definition) is 6. The van der Waals surface area contributed by atoms with E-state index in [0.29, 0.717) is 34.5 Å². The number of aromatic nitrogens is 3. The molecular formula is C28H23N5O4. The number of ether oxygens (including phenoxy) is 1. The van der Waals surface area contributed by atoms with Gasteiger partial charge < -0.3 is 10.1 Å². The Hall–Kier alpha value is -5.05. The quantitative estimate of drug-likeness (QED) is 0.208. The topological polar surface area (TPSA) is 112 Å². The first-order chi connectivity index (χ1) is 17.9. The highest BCUT2D eigenvalue weighted by Crippen LogP contribution is 2.31. The number of carbonyl (C=O) groups is 1. The Morgan fingerprint density at radius 2 is 1.84 bits per heavy atom. The van der Waals surface area contributed by atoms with E-state index in [1.54, 1.807) is 35.1 Å². The SMILES string of the molecule is CCn1cc(-c2cc(C(=O)Nc3cc(Oc4ccc(C)cc4)cc([N+](=O)[O-])c3)c3ccccc3n2)cn1. The zero-order valence-electron chi connectivity index (χ0n) is 20.2. The second-order valence-electron chi connectivity index (χ2n) is 8.50. The molecule has 0 bridgehead atoms. The van der Waals surface area contributed by atoms with E-state index in [0.717, 1.165) is 11.1 Å². The Morgan fingerprint density at radius 1 is 1.05 bits per heavy atom. The molecule has 1 N–H and O–H groups in total. The molecule has 184 valence electrons. The highest BCUT2D eigenvalue weighted by Gasteiger charge is 2.18. The van der Waals surface area contributed by atoms with E-state index in [2.05, 4.69) is 10.4 Å². The molecule has 0 unspecified atom stereocenters. The summed E-state index contributed by atoms with van der Waals surface area (Å²) < 4.78 is 7.62. The Labute approximate surface area is 212 Å². The average molecular weight is 494 g/mol. The molecule has 0 aliphatic heterocycles. The number of pyridine rings is 1. The number of anilines is 1. The number of fused-ring (bicyclic) bond motifs is 1. The Bertz CT molecular complexity index is 1630. The summed E-state index contributed by atoms with van der Waals surface area (Å²) in [4.78, 5) is 29.3. The van der Waals surface area contributed by atoms with Gasteiger partial charge in [-0.2, -0.15) is 5.10 Å². The van der Waals surface area contributed by atoms with Gasteiger partial charge in [-0.3, -0.25) is 19.6 Å². The van der Waals surface area contributed by atoms with Crippen molar-refractivity contribution in [1.82, 2.24) is 14.8 Å². The van der Waals surface area contributed by atoms with Gasteiger partial charge in [-0.15, -0.1) is 0 Å². The van der Waals surface area contributed by atoms with Gasteiger partial charge >= 0.3 is 0 Å². The summed E-state index contributed by atoms with van der Waals surface area (Å²) in [5, 5.41) is 19.4. The van der Waals surface area contributed by atoms with Crippen LogP contribution in [0.15, 0.2) is 85.2 Å². The number of amides is 1. The van der Waals surface area contributed by atoms with Gasteiger partial charge in [-0.1, -0.05) is 35.9 Å². The smallest absolute Gasteiger partial charge is 0.275 e. The number of aryl methyl sites for hydroxylation is 2. The standard InChI is InChI=1S/C28H23N5O4/c1-3-32-17-19(16-29-32)27-15-25(24-6-4-5-7-26(24)31-27)28(34)30-20-12-21(33(35)36)14-23(13-20)37-22-10-8-18(2)9-11-22/h4-17H,3H2,1-2H3,(H,30,34). The van der Waals surface area contributed by atoms with Crippen molar-refractivity contribution in [2.75, 3.05) is 5.32 Å². The first-order valence-corrected chi connectivity index (χ1v) is 11.7. The number of rotatable bonds is 7. The van der Waals surface area contributed by atoms with Crippen LogP contribution < -0.4 is 10.1 Å². The minimum atomic E-state index is -0.525. The molecule has 0 saturated carbocycles. The summed E-state index contributed by atoms with van der Waals surface area (Å²) in [6.07, 6.45) is 3.57. The maximum absolute atomic E-state index is 13.5. The number of carbonyl (C=O) groups excluding carboxylic acids is 1. The molecule has 0 spiro atoms. The van der Waals surface area contributed by atoms with Gasteiger partial charge in [0.2, 0.25) is 0 Å². The third-order valence-corrected chi connectivity index (χ3v) is 5.83. The molecule has 2 aromatic heterocycles. The number of non-ortho nitro benzene ring substituents is 1. The van der Waals surface area contributed by atoms with Crippen LogP contribution >= 0.6 is 0 Å². The predicted molar refractivity (Wildman–Crippen MR) is 141 cm³/mol. The molecule has 37 heavy (non-hydrogen) atoms. The van der Waals surface area contributed by atoms with Crippen LogP contribution in [-0.4, -0.2) is 25.6 Å². The lowest BCUT2D eigenvalue weighted by Gasteiger charge is -2.12. The van der Waals surface area contributed by atoms with E-state index in [1.165, 1.54) is 12.1 Å². The van der Waals surface area contributed by atoms with E-state index < -0.39 is 10.8 Å². The fourth-order valence-corrected chi connectivity index (χ4v) is 3.94. The highest BCUT2D eigenvalue weighted by molar-refractivity contribution is 6.13. The van der Waals surface area contributed by atoms with Crippen molar-refractivity contribution in [3.05, 3.63) is 106 Å². The Kier molecular flexibility index (Phi) is 6.34. The predicted octanol–water partition coefficient (Wildman–Crippen LogP) is 6.38. The minimum absolute atomic E-state index is 0.202.